The zero-order valence-corrected chi connectivity index (χ0v) is 13.1. The van der Waals surface area contributed by atoms with Gasteiger partial charge in [-0.3, -0.25) is 0 Å². The lowest BCUT2D eigenvalue weighted by Crippen LogP contribution is -1.91. The van der Waals surface area contributed by atoms with Gasteiger partial charge >= 0.3 is 0 Å². The fraction of sp³-hybridized carbons (Fsp3) is 0.368. The normalized spacial score (nSPS) is 10.8. The van der Waals surface area contributed by atoms with Crippen molar-refractivity contribution >= 4 is 11.6 Å². The van der Waals surface area contributed by atoms with E-state index < -0.39 is 0 Å². The number of aryl methyl sites for hydroxylation is 2. The molecule has 0 spiro atoms. The Morgan fingerprint density at radius 1 is 0.762 bits per heavy atom. The van der Waals surface area contributed by atoms with E-state index in [0.29, 0.717) is 0 Å². The fourth-order valence-corrected chi connectivity index (χ4v) is 2.83. The van der Waals surface area contributed by atoms with Gasteiger partial charge in [0.05, 0.1) is 6.61 Å². The molecule has 0 aliphatic rings. The molecule has 0 atom stereocenters. The molecule has 1 nitrogen and oxygen atoms in total. The van der Waals surface area contributed by atoms with E-state index in [9.17, 15) is 0 Å². The van der Waals surface area contributed by atoms with E-state index in [1.54, 1.807) is 0 Å². The van der Waals surface area contributed by atoms with Crippen LogP contribution in [0.4, 0.5) is 0 Å². The largest absolute Gasteiger partial charge is 0.392 e. The molecule has 0 amide bonds. The van der Waals surface area contributed by atoms with Gasteiger partial charge in [0.2, 0.25) is 0 Å². The van der Waals surface area contributed by atoms with Crippen LogP contribution in [0.3, 0.4) is 0 Å². The third-order valence-electron chi connectivity index (χ3n) is 3.80. The van der Waals surface area contributed by atoms with Crippen molar-refractivity contribution in [3.8, 4) is 0 Å². The lowest BCUT2D eigenvalue weighted by Gasteiger charge is -2.06. The first-order valence-corrected chi connectivity index (χ1v) is 8.09. The minimum Gasteiger partial charge on any atom is -0.392 e. The molecule has 21 heavy (non-hydrogen) atoms. The van der Waals surface area contributed by atoms with Crippen LogP contribution in [0.15, 0.2) is 48.5 Å². The molecular weight excluding hydrogens is 280 g/mol. The van der Waals surface area contributed by atoms with Crippen LogP contribution in [0.1, 0.15) is 42.4 Å². The minimum atomic E-state index is 0.0550. The summed E-state index contributed by atoms with van der Waals surface area (Å²) in [5.74, 6) is 0. The molecule has 0 aliphatic carbocycles. The maximum atomic E-state index is 9.06. The number of aliphatic hydroxyl groups excluding tert-OH is 1. The Kier molecular flexibility index (Phi) is 6.78. The summed E-state index contributed by atoms with van der Waals surface area (Å²) in [4.78, 5) is 0. The molecule has 0 aromatic heterocycles. The summed E-state index contributed by atoms with van der Waals surface area (Å²) < 4.78 is 0. The van der Waals surface area contributed by atoms with Gasteiger partial charge in [-0.2, -0.15) is 0 Å². The molecule has 0 fully saturated rings. The Labute approximate surface area is 132 Å². The summed E-state index contributed by atoms with van der Waals surface area (Å²) in [6.45, 7) is 0.0550. The van der Waals surface area contributed by atoms with Gasteiger partial charge in [0.1, 0.15) is 0 Å². The van der Waals surface area contributed by atoms with Gasteiger partial charge in [0.25, 0.3) is 0 Å². The fourth-order valence-electron chi connectivity index (χ4n) is 2.53. The van der Waals surface area contributed by atoms with Gasteiger partial charge in [-0.15, -0.1) is 0 Å². The highest BCUT2D eigenvalue weighted by molar-refractivity contribution is 6.31. The van der Waals surface area contributed by atoms with Crippen molar-refractivity contribution in [2.45, 2.75) is 45.1 Å². The zero-order chi connectivity index (χ0) is 14.9. The molecule has 0 bridgehead atoms. The number of unbranched alkanes of at least 4 members (excludes halogenated alkanes) is 3. The third kappa shape index (κ3) is 5.53. The van der Waals surface area contributed by atoms with Crippen molar-refractivity contribution in [1.82, 2.24) is 0 Å². The van der Waals surface area contributed by atoms with Gasteiger partial charge in [0, 0.05) is 5.02 Å². The molecule has 0 saturated heterocycles. The second-order valence-corrected chi connectivity index (χ2v) is 5.89. The molecule has 0 radical (unpaired) electrons. The molecule has 2 rings (SSSR count). The zero-order valence-electron chi connectivity index (χ0n) is 12.4. The van der Waals surface area contributed by atoms with Crippen LogP contribution in [0, 0.1) is 0 Å². The first-order chi connectivity index (χ1) is 10.3. The van der Waals surface area contributed by atoms with Crippen LogP contribution in [-0.2, 0) is 19.4 Å². The molecule has 1 N–H and O–H groups in total. The number of hydrogen-bond acceptors (Lipinski definition) is 1. The smallest absolute Gasteiger partial charge is 0.0682 e. The first-order valence-electron chi connectivity index (χ1n) is 7.71. The predicted octanol–water partition coefficient (Wildman–Crippen LogP) is 5.18. The minimum absolute atomic E-state index is 0.0550. The Bertz CT molecular complexity index is 537. The molecule has 2 aromatic rings. The number of halogens is 1. The van der Waals surface area contributed by atoms with Crippen molar-refractivity contribution in [2.75, 3.05) is 0 Å². The summed E-state index contributed by atoms with van der Waals surface area (Å²) in [6.07, 6.45) is 7.13. The second kappa shape index (κ2) is 8.86. The Balaban J connectivity index is 1.64. The maximum absolute atomic E-state index is 9.06. The topological polar surface area (TPSA) is 20.2 Å². The summed E-state index contributed by atoms with van der Waals surface area (Å²) in [7, 11) is 0. The van der Waals surface area contributed by atoms with Crippen LogP contribution in [0.2, 0.25) is 5.02 Å². The van der Waals surface area contributed by atoms with E-state index in [1.807, 2.05) is 18.2 Å². The second-order valence-electron chi connectivity index (χ2n) is 5.48. The lowest BCUT2D eigenvalue weighted by atomic mass is 10.0. The van der Waals surface area contributed by atoms with E-state index in [0.717, 1.165) is 17.0 Å². The molecule has 2 aromatic carbocycles. The van der Waals surface area contributed by atoms with Gasteiger partial charge in [-0.05, 0) is 48.4 Å². The molecule has 0 heterocycles. The number of hydrogen-bond donors (Lipinski definition) is 1. The average Bonchev–Trinajstić information content (AvgIpc) is 2.53. The summed E-state index contributed by atoms with van der Waals surface area (Å²) >= 11 is 6.22. The highest BCUT2D eigenvalue weighted by atomic mass is 35.5. The molecule has 0 unspecified atom stereocenters. The van der Waals surface area contributed by atoms with E-state index in [4.69, 9.17) is 16.7 Å². The first kappa shape index (κ1) is 16.1. The quantitative estimate of drug-likeness (QED) is 0.666. The molecule has 0 saturated carbocycles. The molecule has 0 aliphatic heterocycles. The van der Waals surface area contributed by atoms with Crippen molar-refractivity contribution in [2.24, 2.45) is 0 Å². The highest BCUT2D eigenvalue weighted by Crippen LogP contribution is 2.20. The molecule has 2 heteroatoms. The van der Waals surface area contributed by atoms with Crippen LogP contribution >= 0.6 is 11.6 Å². The SMILES string of the molecule is OCc1ccc(CCCCCCc2ccccc2)c(Cl)c1. The van der Waals surface area contributed by atoms with Gasteiger partial charge < -0.3 is 5.11 Å². The van der Waals surface area contributed by atoms with Crippen molar-refractivity contribution in [3.63, 3.8) is 0 Å². The number of aliphatic hydroxyl groups is 1. The summed E-state index contributed by atoms with van der Waals surface area (Å²) in [5, 5.41) is 9.84. The average molecular weight is 303 g/mol. The number of rotatable bonds is 8. The van der Waals surface area contributed by atoms with Gasteiger partial charge in [-0.1, -0.05) is 66.9 Å². The van der Waals surface area contributed by atoms with E-state index in [-0.39, 0.29) is 6.61 Å². The van der Waals surface area contributed by atoms with Crippen LogP contribution in [-0.4, -0.2) is 5.11 Å². The number of benzene rings is 2. The summed E-state index contributed by atoms with van der Waals surface area (Å²) in [5.41, 5.74) is 3.50. The maximum Gasteiger partial charge on any atom is 0.0682 e. The van der Waals surface area contributed by atoms with Crippen LogP contribution in [0.5, 0.6) is 0 Å². The van der Waals surface area contributed by atoms with Crippen molar-refractivity contribution in [1.29, 1.82) is 0 Å². The highest BCUT2D eigenvalue weighted by Gasteiger charge is 2.02. The van der Waals surface area contributed by atoms with Crippen LogP contribution < -0.4 is 0 Å². The van der Waals surface area contributed by atoms with Crippen LogP contribution in [0.25, 0.3) is 0 Å². The monoisotopic (exact) mass is 302 g/mol. The van der Waals surface area contributed by atoms with Crippen molar-refractivity contribution < 1.29 is 5.11 Å². The Morgan fingerprint density at radius 2 is 1.48 bits per heavy atom. The van der Waals surface area contributed by atoms with E-state index in [2.05, 4.69) is 30.3 Å². The summed E-state index contributed by atoms with van der Waals surface area (Å²) in [6, 6.07) is 16.5. The van der Waals surface area contributed by atoms with Gasteiger partial charge in [-0.25, -0.2) is 0 Å². The predicted molar refractivity (Wildman–Crippen MR) is 89.7 cm³/mol. The lowest BCUT2D eigenvalue weighted by molar-refractivity contribution is 0.282. The van der Waals surface area contributed by atoms with E-state index >= 15 is 0 Å². The Morgan fingerprint density at radius 3 is 2.14 bits per heavy atom. The van der Waals surface area contributed by atoms with Crippen molar-refractivity contribution in [3.05, 3.63) is 70.2 Å². The molecular formula is C19H23ClO. The van der Waals surface area contributed by atoms with E-state index in [1.165, 1.54) is 43.2 Å². The van der Waals surface area contributed by atoms with Gasteiger partial charge in [0.15, 0.2) is 0 Å². The Hall–Kier alpha value is -1.31. The standard InChI is InChI=1S/C19H23ClO/c20-19-14-17(15-21)12-13-18(19)11-7-2-1-4-8-16-9-5-3-6-10-16/h3,5-6,9-10,12-14,21H,1-2,4,7-8,11,15H2. The molecule has 112 valence electrons. The third-order valence-corrected chi connectivity index (χ3v) is 4.16.